The van der Waals surface area contributed by atoms with Crippen LogP contribution in [0, 0.1) is 0 Å². The van der Waals surface area contributed by atoms with Crippen LogP contribution in [0.3, 0.4) is 0 Å². The zero-order valence-corrected chi connectivity index (χ0v) is 62.2. The second-order valence-electron chi connectivity index (χ2n) is 23.6. The van der Waals surface area contributed by atoms with Crippen molar-refractivity contribution < 1.29 is 54.8 Å². The minimum Gasteiger partial charge on any atom is -0.497 e. The molecule has 2 aromatic heterocycles. The summed E-state index contributed by atoms with van der Waals surface area (Å²) in [6, 6.07) is 37.2. The van der Waals surface area contributed by atoms with E-state index in [1.54, 1.807) is 116 Å². The Morgan fingerprint density at radius 1 is 0.495 bits per heavy atom. The Morgan fingerprint density at radius 2 is 0.903 bits per heavy atom. The van der Waals surface area contributed by atoms with Gasteiger partial charge in [0.25, 0.3) is 25.2 Å². The molecule has 0 spiro atoms. The van der Waals surface area contributed by atoms with Crippen LogP contribution in [0.15, 0.2) is 158 Å². The number of hydrogen-bond acceptors (Lipinski definition) is 16. The number of nitrogens with one attached hydrogen (secondary N) is 4. The number of sulfonamides is 2. The van der Waals surface area contributed by atoms with E-state index in [0.29, 0.717) is 32.4 Å². The van der Waals surface area contributed by atoms with Crippen LogP contribution < -0.4 is 52.2 Å². The van der Waals surface area contributed by atoms with Crippen molar-refractivity contribution in [3.63, 3.8) is 0 Å². The van der Waals surface area contributed by atoms with E-state index in [4.69, 9.17) is 33.4 Å². The van der Waals surface area contributed by atoms with Gasteiger partial charge in [-0.25, -0.2) is 40.9 Å². The Kier molecular flexibility index (Phi) is 29.4. The van der Waals surface area contributed by atoms with Crippen LogP contribution in [-0.4, -0.2) is 96.8 Å². The van der Waals surface area contributed by atoms with Crippen molar-refractivity contribution in [1.82, 2.24) is 30.0 Å². The molecule has 24 heteroatoms. The maximum Gasteiger partial charge on any atom is 0.329 e. The molecule has 6 aromatic carbocycles. The first kappa shape index (κ1) is 76.8. The van der Waals surface area contributed by atoms with E-state index in [1.165, 1.54) is 98.3 Å². The maximum atomic E-state index is 13.4. The van der Waals surface area contributed by atoms with E-state index >= 15 is 0 Å². The number of methoxy groups -OCH3 is 4. The van der Waals surface area contributed by atoms with E-state index in [1.807, 2.05) is 77.5 Å². The standard InChI is InChI=1S/C28H29N3O6S2.C24H25BrN2O5S.C4H4NOS.3C4H9.CH4.Sn/c1-28(2,3)30-26(32)31-39(33,34)25-16-20(23-17-38-27(29-23)36-5)11-14-24(25)37-22-8-6-7-19(15-22)18-9-12-21(35-4)13-10-18;1-24(2,3)26-23(28)27-33(29,30)22-15-18(25)10-13-21(22)32-20-7-5-6-17(14-20)16-8-11-19(31-4)12-9-16;1-6-4-5-2-3-7-4;3*1-3-4-2;;/h6-17H,1-5H3,(H2,30,31,32);5-15H,1-4H3,(H2,26,27,28);3H,1H3;3*1,3-4H2,2H3;1H4;. The molecule has 0 saturated heterocycles. The number of unbranched alkanes of at least 4 members (excludes halogenated alkanes) is 3. The average molecular weight is 1520 g/mol. The van der Waals surface area contributed by atoms with E-state index < -0.39 is 61.6 Å². The first-order chi connectivity index (χ1) is 43.7. The number of rotatable bonds is 25. The van der Waals surface area contributed by atoms with Gasteiger partial charge in [-0.15, -0.1) is 0 Å². The molecule has 0 radical (unpaired) electrons. The maximum absolute atomic E-state index is 13.4. The molecule has 93 heavy (non-hydrogen) atoms. The molecule has 0 aliphatic heterocycles. The molecular weight excluding hydrogens is 1430 g/mol. The van der Waals surface area contributed by atoms with Crippen molar-refractivity contribution in [3.05, 3.63) is 149 Å². The van der Waals surface area contributed by atoms with Crippen molar-refractivity contribution in [2.24, 2.45) is 0 Å². The number of amides is 4. The summed E-state index contributed by atoms with van der Waals surface area (Å²) in [7, 11) is -2.09. The zero-order chi connectivity index (χ0) is 67.3. The first-order valence-corrected chi connectivity index (χ1v) is 43.1. The fraction of sp³-hybridized carbons (Fsp3) is 0.362. The molecule has 8 rings (SSSR count). The Hall–Kier alpha value is -6.90. The summed E-state index contributed by atoms with van der Waals surface area (Å²) in [5.41, 5.74) is 3.45. The molecule has 18 nitrogen and oxygen atoms in total. The second-order valence-corrected chi connectivity index (χ2v) is 42.5. The Morgan fingerprint density at radius 3 is 1.30 bits per heavy atom. The topological polar surface area (TPSA) is 232 Å². The number of aromatic nitrogens is 2. The number of thiazole rings is 2. The Labute approximate surface area is 571 Å². The summed E-state index contributed by atoms with van der Waals surface area (Å²) in [5, 5.41) is 10.6. The predicted molar refractivity (Wildman–Crippen MR) is 382 cm³/mol. The van der Waals surface area contributed by atoms with Gasteiger partial charge in [0.05, 0.1) is 27.0 Å². The molecule has 0 aliphatic rings. The van der Waals surface area contributed by atoms with Crippen LogP contribution in [0.4, 0.5) is 9.59 Å². The predicted octanol–water partition coefficient (Wildman–Crippen LogP) is 17.6. The summed E-state index contributed by atoms with van der Waals surface area (Å²) >= 11 is 3.98. The minimum atomic E-state index is -4.34. The molecule has 4 amide bonds. The van der Waals surface area contributed by atoms with Gasteiger partial charge in [-0.3, -0.25) is 0 Å². The van der Waals surface area contributed by atoms with E-state index in [-0.39, 0.29) is 28.7 Å². The molecule has 4 N–H and O–H groups in total. The molecule has 0 aliphatic carbocycles. The molecule has 0 saturated carbocycles. The second kappa shape index (κ2) is 35.6. The smallest absolute Gasteiger partial charge is 0.329 e. The van der Waals surface area contributed by atoms with Crippen molar-refractivity contribution in [2.75, 3.05) is 28.4 Å². The molecule has 502 valence electrons. The summed E-state index contributed by atoms with van der Waals surface area (Å²) < 4.78 is 96.3. The molecular formula is C69H89BrN6O12S4Sn. The van der Waals surface area contributed by atoms with Crippen LogP contribution in [0.2, 0.25) is 13.3 Å². The summed E-state index contributed by atoms with van der Waals surface area (Å²) in [6.07, 6.45) is 8.13. The quantitative estimate of drug-likeness (QED) is 0.0390. The van der Waals surface area contributed by atoms with Crippen LogP contribution >= 0.6 is 38.6 Å². The van der Waals surface area contributed by atoms with Gasteiger partial charge in [0.1, 0.15) is 44.3 Å². The number of carbonyl (C=O) groups is 2. The first-order valence-electron chi connectivity index (χ1n) is 30.1. The average Bonchev–Trinajstić information content (AvgIpc) is 1.29. The number of urea groups is 2. The van der Waals surface area contributed by atoms with Crippen molar-refractivity contribution in [2.45, 2.75) is 142 Å². The number of hydrogen-bond donors (Lipinski definition) is 4. The largest absolute Gasteiger partial charge is 0.497 e. The van der Waals surface area contributed by atoms with Crippen LogP contribution in [0.1, 0.15) is 108 Å². The molecule has 8 aromatic rings. The Balaban J connectivity index is 0.000000264. The van der Waals surface area contributed by atoms with E-state index in [9.17, 15) is 26.4 Å². The molecule has 0 atom stereocenters. The molecule has 2 heterocycles. The SMILES string of the molecule is C.CCC[CH2][Sn]([CH2]CCC)([CH2]CCC)[c]1csc(OC)n1.COc1ccc(-c2cccc(Oc3ccc(-c4csc(OC)n4)cc3S(=O)(=O)NC(=O)NC(C)(C)C)c2)cc1.COc1ccc(-c2cccc(Oc3ccc(Br)cc3S(=O)(=O)NC(=O)NC(C)(C)C)c2)cc1. The third kappa shape index (κ3) is 23.5. The zero-order valence-electron chi connectivity index (χ0n) is 54.5. The Bertz CT molecular complexity index is 3910. The molecule has 0 fully saturated rings. The van der Waals surface area contributed by atoms with Gasteiger partial charge in [0, 0.05) is 26.5 Å². The third-order valence-electron chi connectivity index (χ3n) is 14.0. The number of ether oxygens (including phenoxy) is 6. The minimum absolute atomic E-state index is 0. The number of carbonyl (C=O) groups excluding carboxylic acids is 2. The van der Waals surface area contributed by atoms with Gasteiger partial charge >= 0.3 is 145 Å². The summed E-state index contributed by atoms with van der Waals surface area (Å²) in [6.45, 7) is 17.5. The van der Waals surface area contributed by atoms with E-state index in [0.717, 1.165) is 38.9 Å². The van der Waals surface area contributed by atoms with Gasteiger partial charge in [0.15, 0.2) is 0 Å². The molecule has 0 unspecified atom stereocenters. The molecule has 0 bridgehead atoms. The van der Waals surface area contributed by atoms with Crippen molar-refractivity contribution in [1.29, 1.82) is 0 Å². The number of nitrogens with zero attached hydrogens (tertiary/aromatic N) is 2. The van der Waals surface area contributed by atoms with Gasteiger partial charge in [-0.05, 0) is 149 Å². The number of benzene rings is 6. The van der Waals surface area contributed by atoms with Gasteiger partial charge in [-0.2, -0.15) is 0 Å². The number of halogens is 1. The van der Waals surface area contributed by atoms with Crippen LogP contribution in [-0.2, 0) is 20.0 Å². The van der Waals surface area contributed by atoms with Crippen LogP contribution in [0.5, 0.6) is 44.9 Å². The van der Waals surface area contributed by atoms with Crippen molar-refractivity contribution >= 4 is 92.8 Å². The monoisotopic (exact) mass is 1520 g/mol. The van der Waals surface area contributed by atoms with Crippen LogP contribution in [0.25, 0.3) is 33.5 Å². The van der Waals surface area contributed by atoms with Gasteiger partial charge < -0.3 is 34.3 Å². The fourth-order valence-corrected chi connectivity index (χ4v) is 30.6. The van der Waals surface area contributed by atoms with E-state index in [2.05, 4.69) is 62.4 Å². The summed E-state index contributed by atoms with van der Waals surface area (Å²) in [4.78, 5) is 33.5. The van der Waals surface area contributed by atoms with Gasteiger partial charge in [0.2, 0.25) is 0 Å². The van der Waals surface area contributed by atoms with Gasteiger partial charge in [-0.1, -0.05) is 83.2 Å². The fourth-order valence-electron chi connectivity index (χ4n) is 9.51. The normalized spacial score (nSPS) is 11.5. The summed E-state index contributed by atoms with van der Waals surface area (Å²) in [5.74, 6) is 2.48. The third-order valence-corrected chi connectivity index (χ3v) is 34.5. The van der Waals surface area contributed by atoms with Crippen molar-refractivity contribution in [3.8, 4) is 78.4 Å².